The molecule has 0 aliphatic carbocycles. The lowest BCUT2D eigenvalue weighted by atomic mass is 10.1. The van der Waals surface area contributed by atoms with E-state index in [1.54, 1.807) is 0 Å². The van der Waals surface area contributed by atoms with Crippen molar-refractivity contribution in [1.82, 2.24) is 14.8 Å². The summed E-state index contributed by atoms with van der Waals surface area (Å²) < 4.78 is 0. The summed E-state index contributed by atoms with van der Waals surface area (Å²) in [7, 11) is 0. The van der Waals surface area contributed by atoms with Gasteiger partial charge in [0.05, 0.1) is 13.2 Å². The van der Waals surface area contributed by atoms with E-state index < -0.39 is 0 Å². The normalized spacial score (nSPS) is 17.8. The monoisotopic (exact) mass is 265 g/mol. The number of H-pyrrole nitrogens is 1. The quantitative estimate of drug-likeness (QED) is 0.758. The summed E-state index contributed by atoms with van der Waals surface area (Å²) in [5, 5.41) is 8.90. The van der Waals surface area contributed by atoms with Gasteiger partial charge in [-0.15, -0.1) is 0 Å². The van der Waals surface area contributed by atoms with Crippen molar-refractivity contribution in [3.05, 3.63) is 23.0 Å². The molecule has 0 aromatic carbocycles. The highest BCUT2D eigenvalue weighted by Gasteiger charge is 2.20. The van der Waals surface area contributed by atoms with Crippen LogP contribution in [0, 0.1) is 13.8 Å². The number of β-amino-alcohol motifs (C(OH)–C–C–N with tert-alkyl or cyclic N) is 1. The maximum Gasteiger partial charge on any atom is 0.178 e. The molecule has 0 spiro atoms. The number of hydrogen-bond acceptors (Lipinski definition) is 4. The fourth-order valence-corrected chi connectivity index (χ4v) is 2.61. The van der Waals surface area contributed by atoms with E-state index in [2.05, 4.69) is 14.8 Å². The van der Waals surface area contributed by atoms with Gasteiger partial charge >= 0.3 is 0 Å². The Labute approximate surface area is 114 Å². The lowest BCUT2D eigenvalue weighted by Crippen LogP contribution is -2.48. The van der Waals surface area contributed by atoms with E-state index >= 15 is 0 Å². The first kappa shape index (κ1) is 14.2. The molecule has 106 valence electrons. The Bertz CT molecular complexity index is 434. The molecule has 1 saturated heterocycles. The minimum absolute atomic E-state index is 0.192. The van der Waals surface area contributed by atoms with Crippen molar-refractivity contribution in [1.29, 1.82) is 0 Å². The number of aryl methyl sites for hydroxylation is 2. The fourth-order valence-electron chi connectivity index (χ4n) is 2.61. The number of nitrogens with one attached hydrogen (secondary N) is 1. The van der Waals surface area contributed by atoms with Crippen LogP contribution in [0.15, 0.2) is 6.07 Å². The van der Waals surface area contributed by atoms with E-state index in [0.717, 1.165) is 49.7 Å². The highest BCUT2D eigenvalue weighted by atomic mass is 16.3. The van der Waals surface area contributed by atoms with Crippen LogP contribution in [0.25, 0.3) is 0 Å². The molecule has 19 heavy (non-hydrogen) atoms. The minimum atomic E-state index is 0.192. The Balaban J connectivity index is 1.85. The summed E-state index contributed by atoms with van der Waals surface area (Å²) >= 11 is 0. The second-order valence-electron chi connectivity index (χ2n) is 5.26. The highest BCUT2D eigenvalue weighted by Crippen LogP contribution is 2.11. The molecule has 5 heteroatoms. The van der Waals surface area contributed by atoms with Crippen LogP contribution in [0.3, 0.4) is 0 Å². The molecule has 0 atom stereocenters. The zero-order valence-corrected chi connectivity index (χ0v) is 11.8. The van der Waals surface area contributed by atoms with Gasteiger partial charge in [0.25, 0.3) is 0 Å². The molecule has 2 N–H and O–H groups in total. The number of carbonyl (C=O) groups excluding carboxylic acids is 1. The summed E-state index contributed by atoms with van der Waals surface area (Å²) in [6, 6.07) is 1.93. The molecule has 1 fully saturated rings. The van der Waals surface area contributed by atoms with Crippen molar-refractivity contribution in [2.24, 2.45) is 0 Å². The third-order valence-corrected chi connectivity index (χ3v) is 3.70. The zero-order valence-electron chi connectivity index (χ0n) is 11.8. The van der Waals surface area contributed by atoms with Crippen LogP contribution in [0.5, 0.6) is 0 Å². The average molecular weight is 265 g/mol. The molecule has 2 heterocycles. The summed E-state index contributed by atoms with van der Waals surface area (Å²) in [6.07, 6.45) is 0. The molecule has 1 aromatic heterocycles. The maximum atomic E-state index is 12.2. The van der Waals surface area contributed by atoms with Crippen LogP contribution in [0.1, 0.15) is 21.7 Å². The van der Waals surface area contributed by atoms with E-state index in [4.69, 9.17) is 5.11 Å². The third-order valence-electron chi connectivity index (χ3n) is 3.70. The van der Waals surface area contributed by atoms with Gasteiger partial charge in [0.2, 0.25) is 0 Å². The van der Waals surface area contributed by atoms with Crippen molar-refractivity contribution in [3.63, 3.8) is 0 Å². The summed E-state index contributed by atoms with van der Waals surface area (Å²) in [6.45, 7) is 9.00. The van der Waals surface area contributed by atoms with Gasteiger partial charge in [0.1, 0.15) is 0 Å². The highest BCUT2D eigenvalue weighted by molar-refractivity contribution is 5.98. The number of nitrogens with zero attached hydrogens (tertiary/aromatic N) is 2. The van der Waals surface area contributed by atoms with Gasteiger partial charge in [-0.1, -0.05) is 0 Å². The predicted molar refractivity (Wildman–Crippen MR) is 74.6 cm³/mol. The Morgan fingerprint density at radius 2 is 1.89 bits per heavy atom. The number of ketones is 1. The first-order valence-electron chi connectivity index (χ1n) is 6.85. The Morgan fingerprint density at radius 1 is 1.26 bits per heavy atom. The number of piperazine rings is 1. The molecule has 1 aliphatic rings. The lowest BCUT2D eigenvalue weighted by molar-refractivity contribution is 0.0822. The van der Waals surface area contributed by atoms with Crippen molar-refractivity contribution in [3.8, 4) is 0 Å². The van der Waals surface area contributed by atoms with Crippen molar-refractivity contribution >= 4 is 5.78 Å². The molecule has 2 rings (SSSR count). The van der Waals surface area contributed by atoms with Gasteiger partial charge in [-0.3, -0.25) is 14.6 Å². The van der Waals surface area contributed by atoms with Crippen LogP contribution >= 0.6 is 0 Å². The third kappa shape index (κ3) is 3.65. The number of aliphatic hydroxyl groups is 1. The molecule has 0 bridgehead atoms. The first-order chi connectivity index (χ1) is 9.10. The molecule has 5 nitrogen and oxygen atoms in total. The second kappa shape index (κ2) is 6.32. The van der Waals surface area contributed by atoms with Crippen LogP contribution in [-0.2, 0) is 0 Å². The van der Waals surface area contributed by atoms with E-state index in [-0.39, 0.29) is 12.4 Å². The molecule has 1 aliphatic heterocycles. The number of aromatic amines is 1. The zero-order chi connectivity index (χ0) is 13.8. The van der Waals surface area contributed by atoms with Crippen molar-refractivity contribution in [2.75, 3.05) is 45.9 Å². The minimum Gasteiger partial charge on any atom is -0.395 e. The lowest BCUT2D eigenvalue weighted by Gasteiger charge is -2.33. The molecule has 0 saturated carbocycles. The van der Waals surface area contributed by atoms with Gasteiger partial charge in [0, 0.05) is 49.7 Å². The maximum absolute atomic E-state index is 12.2. The topological polar surface area (TPSA) is 59.6 Å². The number of aromatic nitrogens is 1. The largest absolute Gasteiger partial charge is 0.395 e. The Hall–Kier alpha value is -1.17. The molecular formula is C14H23N3O2. The van der Waals surface area contributed by atoms with E-state index in [1.165, 1.54) is 0 Å². The summed E-state index contributed by atoms with van der Waals surface area (Å²) in [5.41, 5.74) is 2.81. The number of carbonyl (C=O) groups is 1. The van der Waals surface area contributed by atoms with Gasteiger partial charge in [-0.2, -0.15) is 0 Å². The number of hydrogen-bond donors (Lipinski definition) is 2. The first-order valence-corrected chi connectivity index (χ1v) is 6.85. The average Bonchev–Trinajstić information content (AvgIpc) is 2.71. The van der Waals surface area contributed by atoms with Gasteiger partial charge in [-0.25, -0.2) is 0 Å². The Kier molecular flexibility index (Phi) is 4.74. The summed E-state index contributed by atoms with van der Waals surface area (Å²) in [5.74, 6) is 0.192. The van der Waals surface area contributed by atoms with Gasteiger partial charge < -0.3 is 10.1 Å². The van der Waals surface area contributed by atoms with Crippen LogP contribution < -0.4 is 0 Å². The van der Waals surface area contributed by atoms with Gasteiger partial charge in [0.15, 0.2) is 5.78 Å². The molecule has 0 radical (unpaired) electrons. The van der Waals surface area contributed by atoms with Crippen molar-refractivity contribution < 1.29 is 9.90 Å². The predicted octanol–water partition coefficient (Wildman–Crippen LogP) is 0.424. The van der Waals surface area contributed by atoms with E-state index in [9.17, 15) is 4.79 Å². The number of Topliss-reactive ketones (excluding diaryl/α,β-unsaturated/α-hetero) is 1. The Morgan fingerprint density at radius 3 is 2.42 bits per heavy atom. The second-order valence-corrected chi connectivity index (χ2v) is 5.26. The standard InChI is InChI=1S/C14H23N3O2/c1-11-9-13(12(2)15-11)14(19)10-17-5-3-16(4-6-17)7-8-18/h9,15,18H,3-8,10H2,1-2H3. The van der Waals surface area contributed by atoms with Crippen LogP contribution in [0.2, 0.25) is 0 Å². The molecular weight excluding hydrogens is 242 g/mol. The summed E-state index contributed by atoms with van der Waals surface area (Å²) in [4.78, 5) is 19.8. The SMILES string of the molecule is Cc1cc(C(=O)CN2CCN(CCO)CC2)c(C)[nH]1. The molecule has 0 amide bonds. The van der Waals surface area contributed by atoms with Crippen molar-refractivity contribution in [2.45, 2.75) is 13.8 Å². The molecule has 0 unspecified atom stereocenters. The smallest absolute Gasteiger partial charge is 0.178 e. The van der Waals surface area contributed by atoms with Crippen LogP contribution in [-0.4, -0.2) is 71.5 Å². The fraction of sp³-hybridized carbons (Fsp3) is 0.643. The number of rotatable bonds is 5. The molecule has 1 aromatic rings. The van der Waals surface area contributed by atoms with Gasteiger partial charge in [-0.05, 0) is 19.9 Å². The van der Waals surface area contributed by atoms with Crippen LogP contribution in [0.4, 0.5) is 0 Å². The number of aliphatic hydroxyl groups excluding tert-OH is 1. The van der Waals surface area contributed by atoms with E-state index in [1.807, 2.05) is 19.9 Å². The van der Waals surface area contributed by atoms with E-state index in [0.29, 0.717) is 6.54 Å².